The molecule has 10 heteroatoms. The van der Waals surface area contributed by atoms with Crippen molar-refractivity contribution >= 4 is 33.1 Å². The molecule has 1 amide bonds. The van der Waals surface area contributed by atoms with E-state index in [-0.39, 0.29) is 28.3 Å². The second-order valence-corrected chi connectivity index (χ2v) is 8.97. The van der Waals surface area contributed by atoms with Crippen molar-refractivity contribution in [3.05, 3.63) is 77.4 Å². The predicted octanol–water partition coefficient (Wildman–Crippen LogP) is 5.39. The number of amides is 1. The molecule has 170 valence electrons. The number of halogens is 3. The second-order valence-electron chi connectivity index (χ2n) is 7.55. The third kappa shape index (κ3) is 4.81. The molecule has 0 saturated heterocycles. The SMILES string of the molecule is Cc1cc2c(cc1C(F)(F)F)NC(=O)CC(c1cccc(-c3cccc(S(=O)(=O)O)c3)c1)=N2. The first-order valence-electron chi connectivity index (χ1n) is 9.69. The quantitative estimate of drug-likeness (QED) is 0.498. The van der Waals surface area contributed by atoms with Crippen molar-refractivity contribution in [2.45, 2.75) is 24.4 Å². The van der Waals surface area contributed by atoms with Crippen LogP contribution in [-0.2, 0) is 21.1 Å². The molecule has 0 atom stereocenters. The Labute approximate surface area is 187 Å². The van der Waals surface area contributed by atoms with Gasteiger partial charge in [0.05, 0.1) is 34.0 Å². The summed E-state index contributed by atoms with van der Waals surface area (Å²) in [6.07, 6.45) is -4.73. The number of rotatable bonds is 3. The molecule has 0 aromatic heterocycles. The maximum atomic E-state index is 13.3. The van der Waals surface area contributed by atoms with Crippen LogP contribution in [0.15, 0.2) is 70.6 Å². The van der Waals surface area contributed by atoms with Crippen molar-refractivity contribution in [1.29, 1.82) is 0 Å². The van der Waals surface area contributed by atoms with Gasteiger partial charge in [-0.3, -0.25) is 14.3 Å². The van der Waals surface area contributed by atoms with E-state index < -0.39 is 27.8 Å². The molecule has 3 aromatic rings. The maximum Gasteiger partial charge on any atom is 0.416 e. The van der Waals surface area contributed by atoms with E-state index in [1.807, 2.05) is 0 Å². The summed E-state index contributed by atoms with van der Waals surface area (Å²) < 4.78 is 72.0. The number of hydrogen-bond donors (Lipinski definition) is 2. The van der Waals surface area contributed by atoms with Gasteiger partial charge in [0.2, 0.25) is 5.91 Å². The van der Waals surface area contributed by atoms with Crippen LogP contribution in [0.25, 0.3) is 11.1 Å². The summed E-state index contributed by atoms with van der Waals surface area (Å²) in [4.78, 5) is 16.6. The fourth-order valence-corrected chi connectivity index (χ4v) is 4.13. The number of aliphatic imine (C=N–C) groups is 1. The van der Waals surface area contributed by atoms with Crippen LogP contribution in [0.4, 0.5) is 24.5 Å². The normalized spacial score (nSPS) is 14.2. The van der Waals surface area contributed by atoms with Crippen LogP contribution < -0.4 is 5.32 Å². The standard InChI is InChI=1S/C23H17F3N2O4S/c1-13-8-20-21(11-18(13)23(24,25)26)28-22(29)12-19(27-20)16-6-2-4-14(9-16)15-5-3-7-17(10-15)33(30,31)32/h2-11H,12H2,1H3,(H,28,29)(H,30,31,32). The number of carbonyl (C=O) groups excluding carboxylic acids is 1. The van der Waals surface area contributed by atoms with Crippen molar-refractivity contribution in [3.63, 3.8) is 0 Å². The Morgan fingerprint density at radius 1 is 0.970 bits per heavy atom. The lowest BCUT2D eigenvalue weighted by Gasteiger charge is -2.13. The lowest BCUT2D eigenvalue weighted by molar-refractivity contribution is -0.138. The van der Waals surface area contributed by atoms with E-state index in [1.54, 1.807) is 30.3 Å². The molecule has 0 radical (unpaired) electrons. The number of benzene rings is 3. The van der Waals surface area contributed by atoms with Crippen molar-refractivity contribution in [2.75, 3.05) is 5.32 Å². The second kappa shape index (κ2) is 8.13. The predicted molar refractivity (Wildman–Crippen MR) is 117 cm³/mol. The first-order valence-corrected chi connectivity index (χ1v) is 11.1. The number of aryl methyl sites for hydroxylation is 1. The molecule has 0 bridgehead atoms. The first-order chi connectivity index (χ1) is 15.4. The van der Waals surface area contributed by atoms with E-state index in [0.29, 0.717) is 22.4 Å². The summed E-state index contributed by atoms with van der Waals surface area (Å²) in [6, 6.07) is 14.7. The van der Waals surface area contributed by atoms with E-state index >= 15 is 0 Å². The minimum Gasteiger partial charge on any atom is -0.324 e. The molecule has 0 aliphatic carbocycles. The molecular weight excluding hydrogens is 457 g/mol. The molecule has 0 saturated carbocycles. The lowest BCUT2D eigenvalue weighted by Crippen LogP contribution is -2.15. The highest BCUT2D eigenvalue weighted by Gasteiger charge is 2.34. The van der Waals surface area contributed by atoms with E-state index in [0.717, 1.165) is 6.07 Å². The number of nitrogens with zero attached hydrogens (tertiary/aromatic N) is 1. The maximum absolute atomic E-state index is 13.3. The number of alkyl halides is 3. The Morgan fingerprint density at radius 3 is 2.27 bits per heavy atom. The molecule has 2 N–H and O–H groups in total. The smallest absolute Gasteiger partial charge is 0.324 e. The van der Waals surface area contributed by atoms with E-state index in [4.69, 9.17) is 0 Å². The van der Waals surface area contributed by atoms with Gasteiger partial charge in [-0.1, -0.05) is 30.3 Å². The molecular formula is C23H17F3N2O4S. The number of nitrogens with one attached hydrogen (secondary N) is 1. The zero-order valence-electron chi connectivity index (χ0n) is 17.1. The summed E-state index contributed by atoms with van der Waals surface area (Å²) in [5.41, 5.74) is 1.33. The van der Waals surface area contributed by atoms with Gasteiger partial charge in [-0.15, -0.1) is 0 Å². The van der Waals surface area contributed by atoms with Crippen LogP contribution in [0.2, 0.25) is 0 Å². The molecule has 1 aliphatic heterocycles. The van der Waals surface area contributed by atoms with Gasteiger partial charge in [0.1, 0.15) is 0 Å². The zero-order valence-corrected chi connectivity index (χ0v) is 18.0. The largest absolute Gasteiger partial charge is 0.416 e. The average molecular weight is 474 g/mol. The van der Waals surface area contributed by atoms with E-state index in [2.05, 4.69) is 10.3 Å². The van der Waals surface area contributed by atoms with Crippen LogP contribution in [0.1, 0.15) is 23.1 Å². The van der Waals surface area contributed by atoms with E-state index in [9.17, 15) is 30.9 Å². The van der Waals surface area contributed by atoms with E-state index in [1.165, 1.54) is 31.2 Å². The Bertz CT molecular complexity index is 1410. The van der Waals surface area contributed by atoms with Gasteiger partial charge in [0.25, 0.3) is 10.1 Å². The lowest BCUT2D eigenvalue weighted by atomic mass is 9.99. The Balaban J connectivity index is 1.79. The summed E-state index contributed by atoms with van der Waals surface area (Å²) in [7, 11) is -4.38. The third-order valence-electron chi connectivity index (χ3n) is 5.17. The van der Waals surface area contributed by atoms with Gasteiger partial charge in [-0.05, 0) is 59.5 Å². The molecule has 0 spiro atoms. The molecule has 4 rings (SSSR count). The molecule has 33 heavy (non-hydrogen) atoms. The first kappa shape index (κ1) is 22.7. The minimum atomic E-state index is -4.56. The van der Waals surface area contributed by atoms with Crippen LogP contribution in [0.5, 0.6) is 0 Å². The monoisotopic (exact) mass is 474 g/mol. The topological polar surface area (TPSA) is 95.8 Å². The van der Waals surface area contributed by atoms with Gasteiger partial charge >= 0.3 is 6.18 Å². The highest BCUT2D eigenvalue weighted by Crippen LogP contribution is 2.39. The fourth-order valence-electron chi connectivity index (χ4n) is 3.60. The molecule has 0 unspecified atom stereocenters. The highest BCUT2D eigenvalue weighted by atomic mass is 32.2. The van der Waals surface area contributed by atoms with Gasteiger partial charge in [-0.2, -0.15) is 21.6 Å². The summed E-state index contributed by atoms with van der Waals surface area (Å²) in [5, 5.41) is 2.48. The molecule has 0 fully saturated rings. The zero-order chi connectivity index (χ0) is 24.0. The summed E-state index contributed by atoms with van der Waals surface area (Å²) in [5.74, 6) is -0.511. The number of hydrogen-bond acceptors (Lipinski definition) is 4. The van der Waals surface area contributed by atoms with Crippen LogP contribution in [0.3, 0.4) is 0 Å². The van der Waals surface area contributed by atoms with Crippen LogP contribution in [-0.4, -0.2) is 24.6 Å². The van der Waals surface area contributed by atoms with Gasteiger partial charge < -0.3 is 5.32 Å². The van der Waals surface area contributed by atoms with Gasteiger partial charge in [0.15, 0.2) is 0 Å². The molecule has 1 heterocycles. The fraction of sp³-hybridized carbons (Fsp3) is 0.130. The minimum absolute atomic E-state index is 0.0173. The molecule has 3 aromatic carbocycles. The molecule has 6 nitrogen and oxygen atoms in total. The number of carbonyl (C=O) groups is 1. The molecule has 1 aliphatic rings. The van der Waals surface area contributed by atoms with Crippen LogP contribution in [0, 0.1) is 6.92 Å². The van der Waals surface area contributed by atoms with Crippen LogP contribution >= 0.6 is 0 Å². The number of fused-ring (bicyclic) bond motifs is 1. The average Bonchev–Trinajstić information content (AvgIpc) is 2.90. The summed E-state index contributed by atoms with van der Waals surface area (Å²) >= 11 is 0. The summed E-state index contributed by atoms with van der Waals surface area (Å²) in [6.45, 7) is 1.33. The van der Waals surface area contributed by atoms with Gasteiger partial charge in [-0.25, -0.2) is 0 Å². The Hall–Kier alpha value is -3.50. The van der Waals surface area contributed by atoms with Gasteiger partial charge in [0, 0.05) is 0 Å². The number of anilines is 1. The van der Waals surface area contributed by atoms with Crippen molar-refractivity contribution in [3.8, 4) is 11.1 Å². The van der Waals surface area contributed by atoms with Crippen molar-refractivity contribution < 1.29 is 30.9 Å². The van der Waals surface area contributed by atoms with Crippen molar-refractivity contribution in [2.24, 2.45) is 4.99 Å². The highest BCUT2D eigenvalue weighted by molar-refractivity contribution is 7.85. The van der Waals surface area contributed by atoms with Crippen molar-refractivity contribution in [1.82, 2.24) is 0 Å². The Kier molecular flexibility index (Phi) is 5.59. The Morgan fingerprint density at radius 2 is 1.61 bits per heavy atom. The third-order valence-corrected chi connectivity index (χ3v) is 6.02.